The highest BCUT2D eigenvalue weighted by Crippen LogP contribution is 2.18. The molecule has 0 radical (unpaired) electrons. The number of ether oxygens (including phenoxy) is 2. The number of hydrogen-bond acceptors (Lipinski definition) is 4. The maximum atomic E-state index is 12.8. The normalized spacial score (nSPS) is 19.2. The van der Waals surface area contributed by atoms with Gasteiger partial charge in [0.1, 0.15) is 12.4 Å². The lowest BCUT2D eigenvalue weighted by atomic mass is 10.1. The molecule has 0 unspecified atom stereocenters. The lowest BCUT2D eigenvalue weighted by Gasteiger charge is -2.35. The Morgan fingerprint density at radius 3 is 2.00 bits per heavy atom. The van der Waals surface area contributed by atoms with Crippen molar-refractivity contribution in [3.63, 3.8) is 0 Å². The second-order valence-electron chi connectivity index (χ2n) is 7.42. The van der Waals surface area contributed by atoms with Gasteiger partial charge in [-0.05, 0) is 49.2 Å². The van der Waals surface area contributed by atoms with Crippen molar-refractivity contribution in [3.05, 3.63) is 65.7 Å². The van der Waals surface area contributed by atoms with Crippen molar-refractivity contribution >= 4 is 11.8 Å². The first-order chi connectivity index (χ1) is 14.2. The van der Waals surface area contributed by atoms with Crippen LogP contribution in [0.2, 0.25) is 0 Å². The predicted octanol–water partition coefficient (Wildman–Crippen LogP) is 2.84. The van der Waals surface area contributed by atoms with Crippen molar-refractivity contribution in [2.45, 2.75) is 18.9 Å². The summed E-state index contributed by atoms with van der Waals surface area (Å²) in [5.74, 6) is 0.753. The highest BCUT2D eigenvalue weighted by atomic mass is 16.5. The molecule has 0 spiro atoms. The quantitative estimate of drug-likeness (QED) is 0.783. The molecule has 1 atom stereocenters. The molecule has 4 rings (SSSR count). The number of nitrogens with zero attached hydrogens (tertiary/aromatic N) is 2. The first-order valence-electron chi connectivity index (χ1n) is 10.2. The third kappa shape index (κ3) is 4.77. The van der Waals surface area contributed by atoms with Crippen LogP contribution in [0.5, 0.6) is 5.75 Å². The molecule has 152 valence electrons. The zero-order valence-corrected chi connectivity index (χ0v) is 16.5. The summed E-state index contributed by atoms with van der Waals surface area (Å²) >= 11 is 0. The molecule has 2 amide bonds. The van der Waals surface area contributed by atoms with E-state index in [9.17, 15) is 9.59 Å². The number of amides is 2. The van der Waals surface area contributed by atoms with E-state index in [0.29, 0.717) is 43.9 Å². The molecule has 2 aliphatic heterocycles. The van der Waals surface area contributed by atoms with Gasteiger partial charge < -0.3 is 19.3 Å². The van der Waals surface area contributed by atoms with Gasteiger partial charge in [0.15, 0.2) is 0 Å². The van der Waals surface area contributed by atoms with Gasteiger partial charge in [0.2, 0.25) is 0 Å². The average Bonchev–Trinajstić information content (AvgIpc) is 3.31. The van der Waals surface area contributed by atoms with Crippen LogP contribution in [0.25, 0.3) is 0 Å². The summed E-state index contributed by atoms with van der Waals surface area (Å²) < 4.78 is 11.3. The predicted molar refractivity (Wildman–Crippen MR) is 109 cm³/mol. The number of carbonyl (C=O) groups is 2. The molecule has 2 aromatic carbocycles. The van der Waals surface area contributed by atoms with E-state index in [2.05, 4.69) is 0 Å². The highest BCUT2D eigenvalue weighted by molar-refractivity contribution is 5.96. The molecule has 6 heteroatoms. The Hall–Kier alpha value is -2.86. The van der Waals surface area contributed by atoms with E-state index in [1.807, 2.05) is 42.5 Å². The van der Waals surface area contributed by atoms with Gasteiger partial charge in [-0.15, -0.1) is 0 Å². The van der Waals surface area contributed by atoms with Crippen LogP contribution in [0.15, 0.2) is 54.6 Å². The Balaban J connectivity index is 1.28. The van der Waals surface area contributed by atoms with Gasteiger partial charge in [-0.3, -0.25) is 9.59 Å². The van der Waals surface area contributed by atoms with E-state index < -0.39 is 0 Å². The summed E-state index contributed by atoms with van der Waals surface area (Å²) in [6, 6.07) is 16.5. The van der Waals surface area contributed by atoms with E-state index in [1.165, 1.54) is 0 Å². The number of benzene rings is 2. The minimum Gasteiger partial charge on any atom is -0.491 e. The van der Waals surface area contributed by atoms with Gasteiger partial charge in [-0.25, -0.2) is 0 Å². The number of carbonyl (C=O) groups excluding carboxylic acids is 2. The molecule has 0 bridgehead atoms. The average molecular weight is 394 g/mol. The van der Waals surface area contributed by atoms with Crippen LogP contribution in [-0.4, -0.2) is 67.1 Å². The van der Waals surface area contributed by atoms with Gasteiger partial charge in [0.25, 0.3) is 11.8 Å². The number of hydrogen-bond donors (Lipinski definition) is 0. The molecule has 2 heterocycles. The van der Waals surface area contributed by atoms with E-state index in [0.717, 1.165) is 25.2 Å². The Bertz CT molecular complexity index is 824. The molecule has 29 heavy (non-hydrogen) atoms. The summed E-state index contributed by atoms with van der Waals surface area (Å²) in [6.07, 6.45) is 2.30. The van der Waals surface area contributed by atoms with Crippen molar-refractivity contribution in [2.75, 3.05) is 39.4 Å². The van der Waals surface area contributed by atoms with E-state index in [1.54, 1.807) is 21.9 Å². The largest absolute Gasteiger partial charge is 0.491 e. The SMILES string of the molecule is O=C(c1ccccc1)N1CCN(C(=O)c2ccc(OC[C@H]3CCCO3)cc2)CC1. The molecule has 2 fully saturated rings. The summed E-state index contributed by atoms with van der Waals surface area (Å²) in [7, 11) is 0. The Labute approximate surface area is 171 Å². The van der Waals surface area contributed by atoms with Crippen LogP contribution in [0.1, 0.15) is 33.6 Å². The maximum Gasteiger partial charge on any atom is 0.253 e. The molecule has 0 N–H and O–H groups in total. The fourth-order valence-corrected chi connectivity index (χ4v) is 3.72. The van der Waals surface area contributed by atoms with Gasteiger partial charge in [-0.1, -0.05) is 18.2 Å². The Kier molecular flexibility index (Phi) is 6.10. The van der Waals surface area contributed by atoms with Crippen LogP contribution in [0.3, 0.4) is 0 Å². The third-order valence-electron chi connectivity index (χ3n) is 5.44. The molecule has 6 nitrogen and oxygen atoms in total. The zero-order valence-electron chi connectivity index (χ0n) is 16.5. The minimum absolute atomic E-state index is 0.0116. The first kappa shape index (κ1) is 19.5. The molecule has 0 aromatic heterocycles. The fourth-order valence-electron chi connectivity index (χ4n) is 3.72. The van der Waals surface area contributed by atoms with Gasteiger partial charge in [0.05, 0.1) is 6.10 Å². The lowest BCUT2D eigenvalue weighted by molar-refractivity contribution is 0.0535. The Morgan fingerprint density at radius 2 is 1.45 bits per heavy atom. The third-order valence-corrected chi connectivity index (χ3v) is 5.44. The van der Waals surface area contributed by atoms with E-state index in [4.69, 9.17) is 9.47 Å². The number of piperazine rings is 1. The second-order valence-corrected chi connectivity index (χ2v) is 7.42. The smallest absolute Gasteiger partial charge is 0.253 e. The highest BCUT2D eigenvalue weighted by Gasteiger charge is 2.25. The second kappa shape index (κ2) is 9.09. The van der Waals surface area contributed by atoms with Crippen LogP contribution in [0, 0.1) is 0 Å². The molecular weight excluding hydrogens is 368 g/mol. The van der Waals surface area contributed by atoms with Crippen molar-refractivity contribution in [1.82, 2.24) is 9.80 Å². The molecule has 2 saturated heterocycles. The molecule has 2 aromatic rings. The number of rotatable bonds is 5. The van der Waals surface area contributed by atoms with Crippen molar-refractivity contribution in [3.8, 4) is 5.75 Å². The van der Waals surface area contributed by atoms with Crippen molar-refractivity contribution in [1.29, 1.82) is 0 Å². The summed E-state index contributed by atoms with van der Waals surface area (Å²) in [5, 5.41) is 0. The van der Waals surface area contributed by atoms with Crippen LogP contribution in [0.4, 0.5) is 0 Å². The first-order valence-corrected chi connectivity index (χ1v) is 10.2. The molecule has 2 aliphatic rings. The van der Waals surface area contributed by atoms with E-state index >= 15 is 0 Å². The standard InChI is InChI=1S/C23H26N2O4/c26-22(18-5-2-1-3-6-18)24-12-14-25(15-13-24)23(27)19-8-10-20(11-9-19)29-17-21-7-4-16-28-21/h1-3,5-6,8-11,21H,4,7,12-17H2/t21-/m1/s1. The van der Waals surface area contributed by atoms with Crippen molar-refractivity contribution < 1.29 is 19.1 Å². The van der Waals surface area contributed by atoms with Crippen LogP contribution >= 0.6 is 0 Å². The Morgan fingerprint density at radius 1 is 0.862 bits per heavy atom. The maximum absolute atomic E-state index is 12.8. The summed E-state index contributed by atoms with van der Waals surface area (Å²) in [5.41, 5.74) is 1.32. The summed E-state index contributed by atoms with van der Waals surface area (Å²) in [6.45, 7) is 3.52. The van der Waals surface area contributed by atoms with Crippen LogP contribution < -0.4 is 4.74 Å². The molecule has 0 saturated carbocycles. The fraction of sp³-hybridized carbons (Fsp3) is 0.391. The molecular formula is C23H26N2O4. The topological polar surface area (TPSA) is 59.1 Å². The summed E-state index contributed by atoms with van der Waals surface area (Å²) in [4.78, 5) is 28.9. The van der Waals surface area contributed by atoms with Gasteiger partial charge in [-0.2, -0.15) is 0 Å². The minimum atomic E-state index is -0.0116. The molecule has 0 aliphatic carbocycles. The van der Waals surface area contributed by atoms with E-state index in [-0.39, 0.29) is 17.9 Å². The van der Waals surface area contributed by atoms with Gasteiger partial charge >= 0.3 is 0 Å². The van der Waals surface area contributed by atoms with Crippen molar-refractivity contribution in [2.24, 2.45) is 0 Å². The zero-order chi connectivity index (χ0) is 20.1. The van der Waals surface area contributed by atoms with Gasteiger partial charge in [0, 0.05) is 43.9 Å². The van der Waals surface area contributed by atoms with Crippen LogP contribution in [-0.2, 0) is 4.74 Å². The monoisotopic (exact) mass is 394 g/mol. The lowest BCUT2D eigenvalue weighted by Crippen LogP contribution is -2.50.